The lowest BCUT2D eigenvalue weighted by Crippen LogP contribution is -2.32. The van der Waals surface area contributed by atoms with Gasteiger partial charge in [-0.05, 0) is 49.4 Å². The van der Waals surface area contributed by atoms with Crippen LogP contribution in [-0.4, -0.2) is 46.1 Å². The van der Waals surface area contributed by atoms with Crippen molar-refractivity contribution in [2.75, 3.05) is 26.7 Å². The second-order valence-corrected chi connectivity index (χ2v) is 8.15. The first-order valence-electron chi connectivity index (χ1n) is 7.90. The van der Waals surface area contributed by atoms with Crippen LogP contribution in [0.4, 0.5) is 0 Å². The molecule has 1 atom stereocenters. The van der Waals surface area contributed by atoms with Gasteiger partial charge >= 0.3 is 0 Å². The Bertz CT molecular complexity index is 614. The summed E-state index contributed by atoms with van der Waals surface area (Å²) < 4.78 is 32.3. The number of methoxy groups -OCH3 is 1. The summed E-state index contributed by atoms with van der Waals surface area (Å²) in [5, 5.41) is 0. The van der Waals surface area contributed by atoms with Gasteiger partial charge in [0.1, 0.15) is 5.75 Å². The number of benzene rings is 1. The van der Waals surface area contributed by atoms with E-state index >= 15 is 0 Å². The first-order chi connectivity index (χ1) is 10.6. The Morgan fingerprint density at radius 2 is 2.14 bits per heavy atom. The molecule has 0 amide bonds. The monoisotopic (exact) mass is 324 g/mol. The highest BCUT2D eigenvalue weighted by molar-refractivity contribution is 7.88. The average Bonchev–Trinajstić information content (AvgIpc) is 3.24. The second kappa shape index (κ2) is 6.56. The number of nitrogens with one attached hydrogen (secondary N) is 1. The lowest BCUT2D eigenvalue weighted by atomic mass is 10.1. The number of hydrogen-bond donors (Lipinski definition) is 1. The summed E-state index contributed by atoms with van der Waals surface area (Å²) in [6.07, 6.45) is 3.72. The van der Waals surface area contributed by atoms with Crippen LogP contribution in [0.15, 0.2) is 24.3 Å². The molecule has 0 unspecified atom stereocenters. The lowest BCUT2D eigenvalue weighted by Gasteiger charge is -2.15. The zero-order valence-electron chi connectivity index (χ0n) is 13.0. The van der Waals surface area contributed by atoms with Gasteiger partial charge < -0.3 is 9.64 Å². The van der Waals surface area contributed by atoms with Gasteiger partial charge in [-0.2, -0.15) is 0 Å². The zero-order valence-corrected chi connectivity index (χ0v) is 13.8. The third kappa shape index (κ3) is 4.21. The van der Waals surface area contributed by atoms with Crippen LogP contribution in [0.3, 0.4) is 0 Å². The fourth-order valence-corrected chi connectivity index (χ4v) is 4.29. The molecule has 0 bridgehead atoms. The molecule has 6 heteroatoms. The van der Waals surface area contributed by atoms with Crippen molar-refractivity contribution in [3.63, 3.8) is 0 Å². The Kier molecular flexibility index (Phi) is 4.70. The van der Waals surface area contributed by atoms with E-state index in [1.54, 1.807) is 13.2 Å². The van der Waals surface area contributed by atoms with Crippen LogP contribution in [-0.2, 0) is 15.8 Å². The summed E-state index contributed by atoms with van der Waals surface area (Å²) >= 11 is 0. The first kappa shape index (κ1) is 15.8. The van der Waals surface area contributed by atoms with E-state index < -0.39 is 10.0 Å². The third-order valence-corrected chi connectivity index (χ3v) is 5.78. The number of sulfonamides is 1. The molecule has 1 N–H and O–H groups in total. The Morgan fingerprint density at radius 1 is 1.32 bits per heavy atom. The Hall–Kier alpha value is -1.11. The van der Waals surface area contributed by atoms with E-state index in [9.17, 15) is 8.42 Å². The van der Waals surface area contributed by atoms with Crippen LogP contribution in [0.5, 0.6) is 5.75 Å². The van der Waals surface area contributed by atoms with Crippen molar-refractivity contribution < 1.29 is 13.2 Å². The molecular weight excluding hydrogens is 300 g/mol. The molecule has 0 spiro atoms. The van der Waals surface area contributed by atoms with Crippen LogP contribution >= 0.6 is 0 Å². The second-order valence-electron chi connectivity index (χ2n) is 6.34. The topological polar surface area (TPSA) is 58.6 Å². The van der Waals surface area contributed by atoms with Crippen LogP contribution in [0.2, 0.25) is 0 Å². The molecule has 3 rings (SSSR count). The summed E-state index contributed by atoms with van der Waals surface area (Å²) in [6, 6.07) is 7.98. The Morgan fingerprint density at radius 3 is 2.86 bits per heavy atom. The predicted octanol–water partition coefficient (Wildman–Crippen LogP) is 1.60. The van der Waals surface area contributed by atoms with Gasteiger partial charge in [0.15, 0.2) is 0 Å². The lowest BCUT2D eigenvalue weighted by molar-refractivity contribution is 0.314. The third-order valence-electron chi connectivity index (χ3n) is 4.46. The van der Waals surface area contributed by atoms with E-state index in [1.807, 2.05) is 18.2 Å². The quantitative estimate of drug-likeness (QED) is 0.828. The fourth-order valence-electron chi connectivity index (χ4n) is 3.08. The van der Waals surface area contributed by atoms with Crippen molar-refractivity contribution in [1.29, 1.82) is 0 Å². The molecule has 1 aliphatic carbocycles. The molecule has 1 saturated carbocycles. The molecule has 22 heavy (non-hydrogen) atoms. The van der Waals surface area contributed by atoms with E-state index in [-0.39, 0.29) is 5.75 Å². The summed E-state index contributed by atoms with van der Waals surface area (Å²) in [5.41, 5.74) is 0.748. The Labute approximate surface area is 132 Å². The van der Waals surface area contributed by atoms with Gasteiger partial charge in [0.25, 0.3) is 0 Å². The van der Waals surface area contributed by atoms with Gasteiger partial charge in [-0.3, -0.25) is 0 Å². The Balaban J connectivity index is 1.50. The molecule has 1 aliphatic heterocycles. The van der Waals surface area contributed by atoms with Gasteiger partial charge in [0.2, 0.25) is 10.0 Å². The number of likely N-dealkylation sites (tertiary alicyclic amines) is 1. The van der Waals surface area contributed by atoms with Gasteiger partial charge in [0.05, 0.1) is 12.9 Å². The minimum absolute atomic E-state index is 0.00323. The smallest absolute Gasteiger partial charge is 0.215 e. The van der Waals surface area contributed by atoms with Crippen molar-refractivity contribution in [1.82, 2.24) is 9.62 Å². The number of nitrogens with zero attached hydrogens (tertiary/aromatic N) is 1. The molecule has 2 aliphatic rings. The largest absolute Gasteiger partial charge is 0.497 e. The number of ether oxygens (including phenoxy) is 1. The molecular formula is C16H24N2O3S. The zero-order chi connectivity index (χ0) is 15.6. The van der Waals surface area contributed by atoms with E-state index in [0.717, 1.165) is 31.1 Å². The summed E-state index contributed by atoms with van der Waals surface area (Å²) in [5.74, 6) is 1.13. The maximum Gasteiger partial charge on any atom is 0.215 e. The molecule has 0 radical (unpaired) electrons. The molecule has 1 saturated heterocycles. The number of hydrogen-bond acceptors (Lipinski definition) is 4. The molecule has 122 valence electrons. The standard InChI is InChI=1S/C16H24N2O3S/c1-21-16-4-2-3-13(9-16)12-22(19,20)17-10-14-7-8-18(11-14)15-5-6-15/h2-4,9,14-15,17H,5-8,10-12H2,1H3/t14-/m0/s1. The molecule has 0 aromatic heterocycles. The van der Waals surface area contributed by atoms with Crippen molar-refractivity contribution in [3.05, 3.63) is 29.8 Å². The van der Waals surface area contributed by atoms with E-state index in [0.29, 0.717) is 18.2 Å². The van der Waals surface area contributed by atoms with Crippen LogP contribution in [0.1, 0.15) is 24.8 Å². The highest BCUT2D eigenvalue weighted by Gasteiger charge is 2.34. The van der Waals surface area contributed by atoms with E-state index in [2.05, 4.69) is 9.62 Å². The van der Waals surface area contributed by atoms with E-state index in [1.165, 1.54) is 12.8 Å². The molecule has 1 heterocycles. The fraction of sp³-hybridized carbons (Fsp3) is 0.625. The molecule has 1 aromatic rings. The normalized spacial score (nSPS) is 22.9. The predicted molar refractivity (Wildman–Crippen MR) is 86.3 cm³/mol. The maximum absolute atomic E-state index is 12.2. The van der Waals surface area contributed by atoms with Crippen LogP contribution in [0.25, 0.3) is 0 Å². The highest BCUT2D eigenvalue weighted by atomic mass is 32.2. The van der Waals surface area contributed by atoms with Crippen molar-refractivity contribution >= 4 is 10.0 Å². The minimum atomic E-state index is -3.29. The molecule has 2 fully saturated rings. The van der Waals surface area contributed by atoms with Gasteiger partial charge in [-0.25, -0.2) is 13.1 Å². The average molecular weight is 324 g/mol. The minimum Gasteiger partial charge on any atom is -0.497 e. The first-order valence-corrected chi connectivity index (χ1v) is 9.55. The van der Waals surface area contributed by atoms with Crippen molar-refractivity contribution in [2.45, 2.75) is 31.1 Å². The van der Waals surface area contributed by atoms with Crippen molar-refractivity contribution in [2.24, 2.45) is 5.92 Å². The van der Waals surface area contributed by atoms with Gasteiger partial charge in [0, 0.05) is 19.1 Å². The number of rotatable bonds is 7. The molecule has 1 aromatic carbocycles. The van der Waals surface area contributed by atoms with Gasteiger partial charge in [-0.15, -0.1) is 0 Å². The van der Waals surface area contributed by atoms with Crippen LogP contribution < -0.4 is 9.46 Å². The molecule has 5 nitrogen and oxygen atoms in total. The summed E-state index contributed by atoms with van der Waals surface area (Å²) in [6.45, 7) is 2.70. The maximum atomic E-state index is 12.2. The summed E-state index contributed by atoms with van der Waals surface area (Å²) in [4.78, 5) is 2.50. The van der Waals surface area contributed by atoms with Crippen LogP contribution in [0, 0.1) is 5.92 Å². The highest BCUT2D eigenvalue weighted by Crippen LogP contribution is 2.31. The van der Waals surface area contributed by atoms with Gasteiger partial charge in [-0.1, -0.05) is 12.1 Å². The SMILES string of the molecule is COc1cccc(CS(=O)(=O)NC[C@@H]2CCN(C3CC3)C2)c1. The summed E-state index contributed by atoms with van der Waals surface area (Å²) in [7, 11) is -1.71. The van der Waals surface area contributed by atoms with Crippen molar-refractivity contribution in [3.8, 4) is 5.75 Å². The van der Waals surface area contributed by atoms with E-state index in [4.69, 9.17) is 4.74 Å².